The van der Waals surface area contributed by atoms with Gasteiger partial charge in [0.1, 0.15) is 15.9 Å². The Morgan fingerprint density at radius 2 is 1.91 bits per heavy atom. The van der Waals surface area contributed by atoms with Gasteiger partial charge in [-0.25, -0.2) is 8.42 Å². The molecule has 118 valence electrons. The highest BCUT2D eigenvalue weighted by Crippen LogP contribution is 2.29. The lowest BCUT2D eigenvalue weighted by Gasteiger charge is -2.20. The summed E-state index contributed by atoms with van der Waals surface area (Å²) in [6.45, 7) is 5.41. The monoisotopic (exact) mass is 321 g/mol. The molecular weight excluding hydrogens is 304 g/mol. The maximum atomic E-state index is 12.1. The molecule has 0 unspecified atom stereocenters. The third kappa shape index (κ3) is 3.28. The standard InChI is InChI=1S/C16H18O5S/c1-4-16(2,3)15(17)21-12-9-8-11-6-5-7-14(13(11)10-12)22(18,19)20/h5-10H,4H2,1-3H3,(H,18,19,20)/p-1. The largest absolute Gasteiger partial charge is 0.744 e. The van der Waals surface area contributed by atoms with Crippen molar-refractivity contribution in [2.45, 2.75) is 32.1 Å². The van der Waals surface area contributed by atoms with Crippen LogP contribution in [0.5, 0.6) is 5.75 Å². The molecule has 0 N–H and O–H groups in total. The van der Waals surface area contributed by atoms with Crippen LogP contribution in [0.2, 0.25) is 0 Å². The fourth-order valence-corrected chi connectivity index (χ4v) is 2.59. The quantitative estimate of drug-likeness (QED) is 0.491. The van der Waals surface area contributed by atoms with E-state index in [0.29, 0.717) is 11.8 Å². The van der Waals surface area contributed by atoms with Gasteiger partial charge < -0.3 is 9.29 Å². The summed E-state index contributed by atoms with van der Waals surface area (Å²) in [5.74, 6) is -0.188. The number of carbonyl (C=O) groups excluding carboxylic acids is 1. The van der Waals surface area contributed by atoms with Crippen LogP contribution in [0, 0.1) is 5.41 Å². The van der Waals surface area contributed by atoms with Gasteiger partial charge in [0.25, 0.3) is 0 Å². The third-order valence-corrected chi connectivity index (χ3v) is 4.62. The SMILES string of the molecule is CCC(C)(C)C(=O)Oc1ccc2cccc(S(=O)(=O)[O-])c2c1. The summed E-state index contributed by atoms with van der Waals surface area (Å²) in [6.07, 6.45) is 0.611. The lowest BCUT2D eigenvalue weighted by atomic mass is 9.91. The Labute approximate surface area is 129 Å². The van der Waals surface area contributed by atoms with Gasteiger partial charge in [-0.3, -0.25) is 4.79 Å². The number of ether oxygens (including phenoxy) is 1. The second-order valence-corrected chi connectivity index (χ2v) is 7.07. The van der Waals surface area contributed by atoms with Crippen LogP contribution in [0.25, 0.3) is 10.8 Å². The highest BCUT2D eigenvalue weighted by atomic mass is 32.2. The molecule has 0 fully saturated rings. The second kappa shape index (κ2) is 5.70. The molecule has 2 aromatic rings. The molecule has 0 aliphatic heterocycles. The fourth-order valence-electron chi connectivity index (χ4n) is 1.89. The maximum Gasteiger partial charge on any atom is 0.316 e. The van der Waals surface area contributed by atoms with E-state index in [-0.39, 0.29) is 16.0 Å². The lowest BCUT2D eigenvalue weighted by Crippen LogP contribution is -2.28. The smallest absolute Gasteiger partial charge is 0.316 e. The molecule has 0 bridgehead atoms. The van der Waals surface area contributed by atoms with E-state index in [4.69, 9.17) is 4.74 Å². The average molecular weight is 321 g/mol. The van der Waals surface area contributed by atoms with Gasteiger partial charge in [0.05, 0.1) is 10.3 Å². The minimum Gasteiger partial charge on any atom is -0.744 e. The van der Waals surface area contributed by atoms with E-state index in [1.165, 1.54) is 18.2 Å². The normalized spacial score (nSPS) is 12.4. The van der Waals surface area contributed by atoms with E-state index in [0.717, 1.165) is 0 Å². The highest BCUT2D eigenvalue weighted by Gasteiger charge is 2.27. The minimum absolute atomic E-state index is 0.218. The Kier molecular flexibility index (Phi) is 4.26. The number of carbonyl (C=O) groups is 1. The van der Waals surface area contributed by atoms with Crippen molar-refractivity contribution in [3.8, 4) is 5.75 Å². The summed E-state index contributed by atoms with van der Waals surface area (Å²) in [4.78, 5) is 11.8. The first kappa shape index (κ1) is 16.5. The molecule has 0 saturated heterocycles. The van der Waals surface area contributed by atoms with E-state index >= 15 is 0 Å². The van der Waals surface area contributed by atoms with Crippen molar-refractivity contribution in [2.75, 3.05) is 0 Å². The predicted molar refractivity (Wildman–Crippen MR) is 81.6 cm³/mol. The van der Waals surface area contributed by atoms with Crippen molar-refractivity contribution in [3.63, 3.8) is 0 Å². The molecular formula is C16H17O5S-. The van der Waals surface area contributed by atoms with Gasteiger partial charge in [0.15, 0.2) is 0 Å². The third-order valence-electron chi connectivity index (χ3n) is 3.73. The van der Waals surface area contributed by atoms with Crippen molar-refractivity contribution in [1.29, 1.82) is 0 Å². The summed E-state index contributed by atoms with van der Waals surface area (Å²) in [5.41, 5.74) is -0.640. The number of rotatable bonds is 4. The Balaban J connectivity index is 2.49. The molecule has 0 aromatic heterocycles. The molecule has 0 amide bonds. The second-order valence-electron chi connectivity index (χ2n) is 5.72. The molecule has 0 aliphatic rings. The first-order valence-corrected chi connectivity index (χ1v) is 8.27. The van der Waals surface area contributed by atoms with Crippen LogP contribution in [0.1, 0.15) is 27.2 Å². The van der Waals surface area contributed by atoms with Gasteiger partial charge >= 0.3 is 5.97 Å². The van der Waals surface area contributed by atoms with Crippen LogP contribution in [0.4, 0.5) is 0 Å². The van der Waals surface area contributed by atoms with Crippen LogP contribution in [-0.2, 0) is 14.9 Å². The molecule has 0 aliphatic carbocycles. The first-order valence-electron chi connectivity index (χ1n) is 6.86. The summed E-state index contributed by atoms with van der Waals surface area (Å²) < 4.78 is 39.3. The van der Waals surface area contributed by atoms with Crippen molar-refractivity contribution in [2.24, 2.45) is 5.41 Å². The Hall–Kier alpha value is -1.92. The molecule has 6 heteroatoms. The number of hydrogen-bond donors (Lipinski definition) is 0. The van der Waals surface area contributed by atoms with Gasteiger partial charge in [0, 0.05) is 5.39 Å². The molecule has 0 spiro atoms. The Morgan fingerprint density at radius 3 is 2.50 bits per heavy atom. The molecule has 5 nitrogen and oxygen atoms in total. The topological polar surface area (TPSA) is 83.5 Å². The highest BCUT2D eigenvalue weighted by molar-refractivity contribution is 7.86. The zero-order chi connectivity index (χ0) is 16.5. The van der Waals surface area contributed by atoms with Gasteiger partial charge in [-0.15, -0.1) is 0 Å². The van der Waals surface area contributed by atoms with E-state index in [9.17, 15) is 17.8 Å². The van der Waals surface area contributed by atoms with Crippen molar-refractivity contribution >= 4 is 26.9 Å². The van der Waals surface area contributed by atoms with E-state index in [1.807, 2.05) is 6.92 Å². The maximum absolute atomic E-state index is 12.1. The van der Waals surface area contributed by atoms with Gasteiger partial charge in [-0.2, -0.15) is 0 Å². The van der Waals surface area contributed by atoms with Gasteiger partial charge in [-0.05, 0) is 43.9 Å². The average Bonchev–Trinajstić information content (AvgIpc) is 2.45. The van der Waals surface area contributed by atoms with Crippen molar-refractivity contribution in [3.05, 3.63) is 36.4 Å². The van der Waals surface area contributed by atoms with Crippen molar-refractivity contribution < 1.29 is 22.5 Å². The zero-order valence-corrected chi connectivity index (χ0v) is 13.4. The fraction of sp³-hybridized carbons (Fsp3) is 0.312. The van der Waals surface area contributed by atoms with Crippen LogP contribution in [0.3, 0.4) is 0 Å². The number of fused-ring (bicyclic) bond motifs is 1. The van der Waals surface area contributed by atoms with Crippen LogP contribution >= 0.6 is 0 Å². The zero-order valence-electron chi connectivity index (χ0n) is 12.6. The minimum atomic E-state index is -4.60. The molecule has 0 radical (unpaired) electrons. The van der Waals surface area contributed by atoms with Gasteiger partial charge in [-0.1, -0.05) is 25.1 Å². The summed E-state index contributed by atoms with van der Waals surface area (Å²) in [6, 6.07) is 9.03. The predicted octanol–water partition coefficient (Wildman–Crippen LogP) is 3.09. The Morgan fingerprint density at radius 1 is 1.23 bits per heavy atom. The molecule has 2 aromatic carbocycles. The number of benzene rings is 2. The van der Waals surface area contributed by atoms with E-state index in [2.05, 4.69) is 0 Å². The molecule has 2 rings (SSSR count). The molecule has 0 saturated carbocycles. The van der Waals surface area contributed by atoms with Crippen LogP contribution in [-0.4, -0.2) is 18.9 Å². The molecule has 0 atom stereocenters. The summed E-state index contributed by atoms with van der Waals surface area (Å²) >= 11 is 0. The van der Waals surface area contributed by atoms with Gasteiger partial charge in [0.2, 0.25) is 0 Å². The Bertz CT molecular complexity index is 822. The number of esters is 1. The van der Waals surface area contributed by atoms with Crippen molar-refractivity contribution in [1.82, 2.24) is 0 Å². The lowest BCUT2D eigenvalue weighted by molar-refractivity contribution is -0.144. The molecule has 0 heterocycles. The molecule has 22 heavy (non-hydrogen) atoms. The van der Waals surface area contributed by atoms with E-state index in [1.54, 1.807) is 32.0 Å². The summed E-state index contributed by atoms with van der Waals surface area (Å²) in [7, 11) is -4.60. The van der Waals surface area contributed by atoms with E-state index < -0.39 is 21.5 Å². The number of hydrogen-bond acceptors (Lipinski definition) is 5. The van der Waals surface area contributed by atoms with Crippen LogP contribution < -0.4 is 4.74 Å². The summed E-state index contributed by atoms with van der Waals surface area (Å²) in [5, 5.41) is 0.837. The van der Waals surface area contributed by atoms with Crippen LogP contribution in [0.15, 0.2) is 41.3 Å². The first-order chi connectivity index (χ1) is 10.1.